The van der Waals surface area contributed by atoms with Crippen molar-refractivity contribution in [2.75, 3.05) is 25.0 Å². The Kier molecular flexibility index (Phi) is 6.73. The van der Waals surface area contributed by atoms with Crippen LogP contribution in [0, 0.1) is 0 Å². The molecule has 2 aromatic rings. The molecule has 1 aliphatic rings. The van der Waals surface area contributed by atoms with E-state index in [2.05, 4.69) is 22.4 Å². The van der Waals surface area contributed by atoms with Gasteiger partial charge in [0.2, 0.25) is 15.0 Å². The minimum atomic E-state index is -3.55. The van der Waals surface area contributed by atoms with Gasteiger partial charge in [-0.2, -0.15) is 0 Å². The van der Waals surface area contributed by atoms with E-state index in [9.17, 15) is 13.2 Å². The normalized spacial score (nSPS) is 15.3. The van der Waals surface area contributed by atoms with Gasteiger partial charge in [0, 0.05) is 25.8 Å². The highest BCUT2D eigenvalue weighted by Crippen LogP contribution is 2.24. The van der Waals surface area contributed by atoms with Gasteiger partial charge >= 0.3 is 6.03 Å². The highest BCUT2D eigenvalue weighted by molar-refractivity contribution is 7.91. The van der Waals surface area contributed by atoms with Gasteiger partial charge in [-0.1, -0.05) is 13.3 Å². The summed E-state index contributed by atoms with van der Waals surface area (Å²) in [6.45, 7) is 3.52. The molecule has 0 saturated carbocycles. The molecule has 10 heteroatoms. The molecule has 0 atom stereocenters. The first-order chi connectivity index (χ1) is 13.9. The molecule has 0 unspecified atom stereocenters. The number of urea groups is 1. The number of piperidine rings is 1. The van der Waals surface area contributed by atoms with E-state index in [1.807, 2.05) is 12.1 Å². The molecule has 1 N–H and O–H groups in total. The van der Waals surface area contributed by atoms with E-state index in [-0.39, 0.29) is 11.2 Å². The Labute approximate surface area is 171 Å². The predicted molar refractivity (Wildman–Crippen MR) is 109 cm³/mol. The van der Waals surface area contributed by atoms with E-state index in [4.69, 9.17) is 4.74 Å². The van der Waals surface area contributed by atoms with E-state index < -0.39 is 15.1 Å². The van der Waals surface area contributed by atoms with Crippen LogP contribution in [0.1, 0.15) is 32.6 Å². The molecule has 0 spiro atoms. The van der Waals surface area contributed by atoms with Crippen LogP contribution in [-0.4, -0.2) is 59.1 Å². The number of aryl methyl sites for hydroxylation is 1. The highest BCUT2D eigenvalue weighted by atomic mass is 32.2. The average molecular weight is 422 g/mol. The number of nitrogens with zero attached hydrogens (tertiary/aromatic N) is 4. The van der Waals surface area contributed by atoms with E-state index in [0.29, 0.717) is 38.2 Å². The van der Waals surface area contributed by atoms with Crippen molar-refractivity contribution < 1.29 is 17.9 Å². The number of likely N-dealkylation sites (tertiary alicyclic amines) is 1. The molecule has 1 aromatic heterocycles. The number of rotatable bonds is 7. The lowest BCUT2D eigenvalue weighted by molar-refractivity contribution is 0.200. The van der Waals surface area contributed by atoms with Crippen molar-refractivity contribution in [3.05, 3.63) is 30.6 Å². The molecular formula is C19H27N5O4S. The van der Waals surface area contributed by atoms with Crippen molar-refractivity contribution >= 4 is 21.6 Å². The number of hydrogen-bond acceptors (Lipinski definition) is 6. The number of ether oxygens (including phenoxy) is 1. The number of carbonyl (C=O) groups is 1. The largest absolute Gasteiger partial charge is 0.494 e. The van der Waals surface area contributed by atoms with Gasteiger partial charge in [-0.3, -0.25) is 0 Å². The van der Waals surface area contributed by atoms with Crippen LogP contribution in [0.3, 0.4) is 0 Å². The third kappa shape index (κ3) is 5.06. The quantitative estimate of drug-likeness (QED) is 0.689. The fraction of sp³-hybridized carbons (Fsp3) is 0.526. The predicted octanol–water partition coefficient (Wildman–Crippen LogP) is 2.46. The van der Waals surface area contributed by atoms with E-state index in [1.54, 1.807) is 24.1 Å². The molecule has 0 aliphatic carbocycles. The lowest BCUT2D eigenvalue weighted by Gasteiger charge is -2.31. The zero-order valence-corrected chi connectivity index (χ0v) is 17.6. The number of sulfone groups is 1. The SMILES string of the molecule is CCCCOc1ccc(NC(=O)N2CCC(S(=O)(=O)c3nncn3C)CC2)cc1. The molecule has 158 valence electrons. The van der Waals surface area contributed by atoms with Crippen LogP contribution < -0.4 is 10.1 Å². The zero-order chi connectivity index (χ0) is 20.9. The highest BCUT2D eigenvalue weighted by Gasteiger charge is 2.35. The van der Waals surface area contributed by atoms with E-state index >= 15 is 0 Å². The Morgan fingerprint density at radius 3 is 2.52 bits per heavy atom. The number of amides is 2. The Morgan fingerprint density at radius 1 is 1.24 bits per heavy atom. The smallest absolute Gasteiger partial charge is 0.321 e. The molecule has 2 amide bonds. The average Bonchev–Trinajstić information content (AvgIpc) is 3.16. The molecule has 9 nitrogen and oxygen atoms in total. The molecular weight excluding hydrogens is 394 g/mol. The van der Waals surface area contributed by atoms with Gasteiger partial charge < -0.3 is 19.5 Å². The Morgan fingerprint density at radius 2 is 1.93 bits per heavy atom. The van der Waals surface area contributed by atoms with Gasteiger partial charge in [-0.05, 0) is 43.5 Å². The Balaban J connectivity index is 1.52. The summed E-state index contributed by atoms with van der Waals surface area (Å²) in [5, 5.41) is 9.64. The van der Waals surface area contributed by atoms with Gasteiger partial charge in [0.1, 0.15) is 12.1 Å². The van der Waals surface area contributed by atoms with Crippen LogP contribution in [0.4, 0.5) is 10.5 Å². The van der Waals surface area contributed by atoms with Crippen molar-refractivity contribution in [1.82, 2.24) is 19.7 Å². The van der Waals surface area contributed by atoms with Gasteiger partial charge in [0.15, 0.2) is 0 Å². The Bertz CT molecular complexity index is 918. The number of hydrogen-bond donors (Lipinski definition) is 1. The number of anilines is 1. The summed E-state index contributed by atoms with van der Waals surface area (Å²) in [6.07, 6.45) is 4.18. The summed E-state index contributed by atoms with van der Waals surface area (Å²) in [6, 6.07) is 7.00. The van der Waals surface area contributed by atoms with Crippen molar-refractivity contribution in [3.8, 4) is 5.75 Å². The van der Waals surface area contributed by atoms with Crippen molar-refractivity contribution in [2.45, 2.75) is 43.0 Å². The summed E-state index contributed by atoms with van der Waals surface area (Å²) in [5.41, 5.74) is 0.673. The van der Waals surface area contributed by atoms with E-state index in [0.717, 1.165) is 18.6 Å². The first-order valence-electron chi connectivity index (χ1n) is 9.78. The van der Waals surface area contributed by atoms with Crippen LogP contribution in [-0.2, 0) is 16.9 Å². The van der Waals surface area contributed by atoms with Gasteiger partial charge in [-0.25, -0.2) is 13.2 Å². The summed E-state index contributed by atoms with van der Waals surface area (Å²) < 4.78 is 32.4. The molecule has 1 aliphatic heterocycles. The number of benzene rings is 1. The summed E-state index contributed by atoms with van der Waals surface area (Å²) >= 11 is 0. The first kappa shape index (κ1) is 21.1. The molecule has 29 heavy (non-hydrogen) atoms. The van der Waals surface area contributed by atoms with Crippen molar-refractivity contribution in [1.29, 1.82) is 0 Å². The summed E-state index contributed by atoms with van der Waals surface area (Å²) in [5.74, 6) is 0.770. The van der Waals surface area contributed by atoms with Crippen LogP contribution in [0.2, 0.25) is 0 Å². The minimum absolute atomic E-state index is 0.0263. The number of unbranched alkanes of at least 4 members (excludes halogenated alkanes) is 1. The van der Waals surface area contributed by atoms with Gasteiger partial charge in [0.25, 0.3) is 0 Å². The van der Waals surface area contributed by atoms with E-state index in [1.165, 1.54) is 10.9 Å². The molecule has 0 radical (unpaired) electrons. The molecule has 2 heterocycles. The molecule has 1 fully saturated rings. The van der Waals surface area contributed by atoms with Crippen LogP contribution in [0.15, 0.2) is 35.7 Å². The minimum Gasteiger partial charge on any atom is -0.494 e. The number of aromatic nitrogens is 3. The van der Waals surface area contributed by atoms with Crippen molar-refractivity contribution in [2.24, 2.45) is 7.05 Å². The first-order valence-corrected chi connectivity index (χ1v) is 11.3. The molecule has 3 rings (SSSR count). The van der Waals surface area contributed by atoms with Crippen molar-refractivity contribution in [3.63, 3.8) is 0 Å². The lowest BCUT2D eigenvalue weighted by atomic mass is 10.1. The summed E-state index contributed by atoms with van der Waals surface area (Å²) in [7, 11) is -1.95. The number of carbonyl (C=O) groups excluding carboxylic acids is 1. The zero-order valence-electron chi connectivity index (χ0n) is 16.7. The fourth-order valence-corrected chi connectivity index (χ4v) is 4.96. The second kappa shape index (κ2) is 9.25. The Hall–Kier alpha value is -2.62. The van der Waals surface area contributed by atoms with Gasteiger partial charge in [-0.15, -0.1) is 10.2 Å². The molecule has 1 saturated heterocycles. The van der Waals surface area contributed by atoms with Crippen LogP contribution in [0.5, 0.6) is 5.75 Å². The summed E-state index contributed by atoms with van der Waals surface area (Å²) in [4.78, 5) is 14.1. The maximum absolute atomic E-state index is 12.7. The lowest BCUT2D eigenvalue weighted by Crippen LogP contribution is -2.44. The topological polar surface area (TPSA) is 106 Å². The second-order valence-electron chi connectivity index (χ2n) is 7.11. The van der Waals surface area contributed by atoms with Crippen LogP contribution in [0.25, 0.3) is 0 Å². The van der Waals surface area contributed by atoms with Crippen LogP contribution >= 0.6 is 0 Å². The number of nitrogens with one attached hydrogen (secondary N) is 1. The maximum atomic E-state index is 12.7. The third-order valence-corrected chi connectivity index (χ3v) is 7.19. The fourth-order valence-electron chi connectivity index (χ4n) is 3.22. The maximum Gasteiger partial charge on any atom is 0.321 e. The third-order valence-electron chi connectivity index (χ3n) is 4.96. The standard InChI is InChI=1S/C19H27N5O4S/c1-3-4-13-28-16-7-5-15(6-8-16)21-18(25)24-11-9-17(10-12-24)29(26,27)19-22-20-14-23(19)2/h5-8,14,17H,3-4,9-13H2,1-2H3,(H,21,25). The second-order valence-corrected chi connectivity index (χ2v) is 9.23. The van der Waals surface area contributed by atoms with Gasteiger partial charge in [0.05, 0.1) is 11.9 Å². The molecule has 0 bridgehead atoms. The monoisotopic (exact) mass is 421 g/mol. The molecule has 1 aromatic carbocycles.